The minimum absolute atomic E-state index is 0. The van der Waals surface area contributed by atoms with E-state index < -0.39 is 0 Å². The average Bonchev–Trinajstić information content (AvgIpc) is 3.03. The van der Waals surface area contributed by atoms with E-state index in [0.29, 0.717) is 24.9 Å². The van der Waals surface area contributed by atoms with Crippen molar-refractivity contribution in [2.75, 3.05) is 19.4 Å². The lowest BCUT2D eigenvalue weighted by molar-refractivity contribution is 0.321. The molecule has 1 saturated carbocycles. The predicted molar refractivity (Wildman–Crippen MR) is 116 cm³/mol. The molecule has 2 unspecified atom stereocenters. The third-order valence-electron chi connectivity index (χ3n) is 4.12. The predicted octanol–water partition coefficient (Wildman–Crippen LogP) is 4.18. The fourth-order valence-corrected chi connectivity index (χ4v) is 3.68. The van der Waals surface area contributed by atoms with Crippen LogP contribution >= 0.6 is 35.7 Å². The minimum Gasteiger partial charge on any atom is -0.491 e. The van der Waals surface area contributed by atoms with E-state index in [1.165, 1.54) is 25.3 Å². The Labute approximate surface area is 171 Å². The molecule has 0 radical (unpaired) electrons. The zero-order chi connectivity index (χ0) is 17.4. The van der Waals surface area contributed by atoms with Gasteiger partial charge in [-0.25, -0.2) is 9.38 Å². The van der Waals surface area contributed by atoms with E-state index in [0.717, 1.165) is 23.3 Å². The minimum atomic E-state index is -0.332. The van der Waals surface area contributed by atoms with Gasteiger partial charge in [-0.1, -0.05) is 6.07 Å². The molecule has 0 amide bonds. The summed E-state index contributed by atoms with van der Waals surface area (Å²) in [5.74, 6) is 0.768. The van der Waals surface area contributed by atoms with Gasteiger partial charge in [0.25, 0.3) is 0 Å². The lowest BCUT2D eigenvalue weighted by Crippen LogP contribution is -2.42. The highest BCUT2D eigenvalue weighted by Gasteiger charge is 2.24. The summed E-state index contributed by atoms with van der Waals surface area (Å²) in [6.07, 6.45) is 5.77. The number of hydrogen-bond acceptors (Lipinski definition) is 3. The molecule has 1 aliphatic carbocycles. The van der Waals surface area contributed by atoms with Gasteiger partial charge in [0, 0.05) is 17.8 Å². The first-order valence-corrected chi connectivity index (χ1v) is 9.93. The number of benzene rings is 1. The van der Waals surface area contributed by atoms with Gasteiger partial charge in [-0.3, -0.25) is 0 Å². The Morgan fingerprint density at radius 2 is 2.16 bits per heavy atom. The number of guanidine groups is 1. The summed E-state index contributed by atoms with van der Waals surface area (Å²) in [6, 6.07) is 5.50. The molecule has 142 valence electrons. The molecule has 0 heterocycles. The number of hydrogen-bond donors (Lipinski definition) is 2. The van der Waals surface area contributed by atoms with Gasteiger partial charge >= 0.3 is 0 Å². The second-order valence-electron chi connectivity index (χ2n) is 5.90. The van der Waals surface area contributed by atoms with Crippen molar-refractivity contribution < 1.29 is 9.13 Å². The first kappa shape index (κ1) is 22.3. The number of rotatable bonds is 7. The number of thioether (sulfide) groups is 1. The molecular weight excluding hydrogens is 452 g/mol. The Kier molecular flexibility index (Phi) is 10.6. The summed E-state index contributed by atoms with van der Waals surface area (Å²) >= 11 is 1.94. The fourth-order valence-electron chi connectivity index (χ4n) is 2.88. The van der Waals surface area contributed by atoms with Crippen molar-refractivity contribution >= 4 is 41.7 Å². The smallest absolute Gasteiger partial charge is 0.191 e. The van der Waals surface area contributed by atoms with Crippen molar-refractivity contribution in [1.29, 1.82) is 0 Å². The van der Waals surface area contributed by atoms with Crippen molar-refractivity contribution in [1.82, 2.24) is 10.6 Å². The molecule has 2 N–H and O–H groups in total. The SMILES string of the molecule is CCNC(=NCc1ccc(OCC)c(F)c1)NC1CCC(SC)C1.I. The van der Waals surface area contributed by atoms with Crippen LogP contribution in [0.1, 0.15) is 38.7 Å². The maximum absolute atomic E-state index is 13.9. The first-order chi connectivity index (χ1) is 11.7. The van der Waals surface area contributed by atoms with Gasteiger partial charge in [0.1, 0.15) is 0 Å². The molecule has 2 atom stereocenters. The highest BCUT2D eigenvalue weighted by molar-refractivity contribution is 14.0. The largest absolute Gasteiger partial charge is 0.491 e. The van der Waals surface area contributed by atoms with E-state index in [4.69, 9.17) is 4.74 Å². The zero-order valence-corrected chi connectivity index (χ0v) is 18.3. The summed E-state index contributed by atoms with van der Waals surface area (Å²) in [4.78, 5) is 4.59. The Bertz CT molecular complexity index is 559. The van der Waals surface area contributed by atoms with Crippen LogP contribution in [0.2, 0.25) is 0 Å². The van der Waals surface area contributed by atoms with Crippen molar-refractivity contribution in [3.8, 4) is 5.75 Å². The fraction of sp³-hybridized carbons (Fsp3) is 0.611. The van der Waals surface area contributed by atoms with E-state index >= 15 is 0 Å². The summed E-state index contributed by atoms with van der Waals surface area (Å²) in [6.45, 7) is 5.60. The van der Waals surface area contributed by atoms with Crippen LogP contribution in [0.3, 0.4) is 0 Å². The normalized spacial score (nSPS) is 20.1. The maximum atomic E-state index is 13.9. The molecule has 25 heavy (non-hydrogen) atoms. The second-order valence-corrected chi connectivity index (χ2v) is 7.04. The number of nitrogens with zero attached hydrogens (tertiary/aromatic N) is 1. The second kappa shape index (κ2) is 11.8. The van der Waals surface area contributed by atoms with E-state index in [1.807, 2.05) is 31.7 Å². The molecule has 4 nitrogen and oxygen atoms in total. The first-order valence-electron chi connectivity index (χ1n) is 8.65. The number of ether oxygens (including phenoxy) is 1. The molecule has 1 aromatic carbocycles. The third-order valence-corrected chi connectivity index (χ3v) is 5.21. The van der Waals surface area contributed by atoms with Crippen LogP contribution in [0.25, 0.3) is 0 Å². The molecule has 2 rings (SSSR count). The van der Waals surface area contributed by atoms with Crippen molar-refractivity contribution in [2.24, 2.45) is 4.99 Å². The van der Waals surface area contributed by atoms with Crippen molar-refractivity contribution in [3.63, 3.8) is 0 Å². The van der Waals surface area contributed by atoms with Gasteiger partial charge in [0.15, 0.2) is 17.5 Å². The van der Waals surface area contributed by atoms with Crippen LogP contribution in [0, 0.1) is 5.82 Å². The number of halogens is 2. The molecule has 0 bridgehead atoms. The molecule has 0 saturated heterocycles. The van der Waals surface area contributed by atoms with E-state index in [-0.39, 0.29) is 29.8 Å². The summed E-state index contributed by atoms with van der Waals surface area (Å²) < 4.78 is 19.1. The van der Waals surface area contributed by atoms with Gasteiger partial charge in [0.2, 0.25) is 0 Å². The molecule has 0 aliphatic heterocycles. The van der Waals surface area contributed by atoms with Gasteiger partial charge < -0.3 is 15.4 Å². The van der Waals surface area contributed by atoms with Crippen LogP contribution in [-0.4, -0.2) is 36.7 Å². The zero-order valence-electron chi connectivity index (χ0n) is 15.2. The van der Waals surface area contributed by atoms with Gasteiger partial charge in [-0.15, -0.1) is 24.0 Å². The molecule has 0 aromatic heterocycles. The average molecular weight is 481 g/mol. The summed E-state index contributed by atoms with van der Waals surface area (Å²) in [5.41, 5.74) is 0.835. The van der Waals surface area contributed by atoms with Gasteiger partial charge in [0.05, 0.1) is 13.2 Å². The lowest BCUT2D eigenvalue weighted by Gasteiger charge is -2.17. The topological polar surface area (TPSA) is 45.7 Å². The molecule has 1 aliphatic rings. The Hall–Kier alpha value is -0.700. The van der Waals surface area contributed by atoms with E-state index in [9.17, 15) is 4.39 Å². The number of aliphatic imine (C=N–C) groups is 1. The highest BCUT2D eigenvalue weighted by atomic mass is 127. The molecule has 0 spiro atoms. The van der Waals surface area contributed by atoms with Crippen LogP contribution in [-0.2, 0) is 6.54 Å². The maximum Gasteiger partial charge on any atom is 0.191 e. The van der Waals surface area contributed by atoms with Crippen LogP contribution in [0.4, 0.5) is 4.39 Å². The third kappa shape index (κ3) is 7.21. The lowest BCUT2D eigenvalue weighted by atomic mass is 10.2. The Morgan fingerprint density at radius 3 is 2.76 bits per heavy atom. The van der Waals surface area contributed by atoms with Crippen LogP contribution in [0.5, 0.6) is 5.75 Å². The molecule has 7 heteroatoms. The van der Waals surface area contributed by atoms with Gasteiger partial charge in [-0.2, -0.15) is 11.8 Å². The van der Waals surface area contributed by atoms with Crippen molar-refractivity contribution in [2.45, 2.75) is 50.9 Å². The quantitative estimate of drug-likeness (QED) is 0.349. The summed E-state index contributed by atoms with van der Waals surface area (Å²) in [7, 11) is 0. The molecule has 1 fully saturated rings. The molecular formula is C18H29FIN3OS. The van der Waals surface area contributed by atoms with Crippen LogP contribution < -0.4 is 15.4 Å². The Morgan fingerprint density at radius 1 is 1.36 bits per heavy atom. The summed E-state index contributed by atoms with van der Waals surface area (Å²) in [5, 5.41) is 7.52. The standard InChI is InChI=1S/C18H28FN3OS.HI/c1-4-20-18(22-14-7-8-15(11-14)24-3)21-12-13-6-9-17(23-5-2)16(19)10-13;/h6,9-10,14-15H,4-5,7-8,11-12H2,1-3H3,(H2,20,21,22);1H. The molecule has 1 aromatic rings. The highest BCUT2D eigenvalue weighted by Crippen LogP contribution is 2.28. The number of nitrogens with one attached hydrogen (secondary N) is 2. The van der Waals surface area contributed by atoms with E-state index in [1.54, 1.807) is 6.07 Å². The van der Waals surface area contributed by atoms with Crippen LogP contribution in [0.15, 0.2) is 23.2 Å². The van der Waals surface area contributed by atoms with Gasteiger partial charge in [-0.05, 0) is 57.1 Å². The van der Waals surface area contributed by atoms with E-state index in [2.05, 4.69) is 21.9 Å². The van der Waals surface area contributed by atoms with Crippen molar-refractivity contribution in [3.05, 3.63) is 29.6 Å². The Balaban J connectivity index is 0.00000312. The monoisotopic (exact) mass is 481 g/mol.